The first-order chi connectivity index (χ1) is 5.73. The molecule has 2 rings (SSSR count). The summed E-state index contributed by atoms with van der Waals surface area (Å²) < 4.78 is 33.6. The molecule has 2 nitrogen and oxygen atoms in total. The first-order valence-electron chi connectivity index (χ1n) is 4.66. The highest BCUT2D eigenvalue weighted by molar-refractivity contribution is 7.87. The molecule has 1 spiro atoms. The normalized spacial score (nSPS) is 31.0. The van der Waals surface area contributed by atoms with Gasteiger partial charge in [0.1, 0.15) is 0 Å². The van der Waals surface area contributed by atoms with Crippen LogP contribution in [0.25, 0.3) is 0 Å². The smallest absolute Gasteiger partial charge is 0.195 e. The zero-order valence-electron chi connectivity index (χ0n) is 8.01. The van der Waals surface area contributed by atoms with Gasteiger partial charge in [0.2, 0.25) is 0 Å². The largest absolute Gasteiger partial charge is 0.305 e. The van der Waals surface area contributed by atoms with E-state index in [9.17, 15) is 12.3 Å². The molecule has 0 aromatic carbocycles. The maximum absolute atomic E-state index is 12.5. The molecule has 0 aliphatic heterocycles. The van der Waals surface area contributed by atoms with Crippen LogP contribution in [0.1, 0.15) is 39.5 Å². The minimum absolute atomic E-state index is 0.188. The summed E-state index contributed by atoms with van der Waals surface area (Å²) in [5.41, 5.74) is 0.540. The quantitative estimate of drug-likeness (QED) is 0.617. The fraction of sp³-hybridized carbons (Fsp3) is 1.00. The standard InChI is InChI=1S/C9H15FO2S/c1-8(2)5-9(6-8)3-7(4-9)13(10,11)12/h7H,3-6H2,1-2H3. The molecule has 0 aromatic rings. The van der Waals surface area contributed by atoms with Gasteiger partial charge in [-0.25, -0.2) is 0 Å². The van der Waals surface area contributed by atoms with Crippen LogP contribution in [0.5, 0.6) is 0 Å². The van der Waals surface area contributed by atoms with Crippen LogP contribution >= 0.6 is 0 Å². The summed E-state index contributed by atoms with van der Waals surface area (Å²) in [5, 5.41) is -0.691. The summed E-state index contributed by atoms with van der Waals surface area (Å²) in [4.78, 5) is 0. The van der Waals surface area contributed by atoms with Gasteiger partial charge >= 0.3 is 10.2 Å². The molecule has 13 heavy (non-hydrogen) atoms. The monoisotopic (exact) mass is 206 g/mol. The topological polar surface area (TPSA) is 34.1 Å². The minimum atomic E-state index is -4.25. The van der Waals surface area contributed by atoms with Gasteiger partial charge < -0.3 is 0 Å². The van der Waals surface area contributed by atoms with Crippen LogP contribution in [0.3, 0.4) is 0 Å². The van der Waals surface area contributed by atoms with E-state index in [4.69, 9.17) is 0 Å². The zero-order valence-corrected chi connectivity index (χ0v) is 8.82. The molecule has 2 saturated carbocycles. The number of halogens is 1. The number of rotatable bonds is 1. The van der Waals surface area contributed by atoms with Crippen molar-refractivity contribution in [1.82, 2.24) is 0 Å². The molecule has 0 atom stereocenters. The minimum Gasteiger partial charge on any atom is -0.195 e. The zero-order chi connectivity index (χ0) is 9.91. The molecule has 0 bridgehead atoms. The SMILES string of the molecule is CC1(C)CC2(CC(S(=O)(=O)F)C2)C1. The molecule has 0 unspecified atom stereocenters. The van der Waals surface area contributed by atoms with Gasteiger partial charge in [-0.3, -0.25) is 0 Å². The van der Waals surface area contributed by atoms with E-state index in [2.05, 4.69) is 13.8 Å². The van der Waals surface area contributed by atoms with Crippen molar-refractivity contribution in [3.63, 3.8) is 0 Å². The maximum atomic E-state index is 12.5. The van der Waals surface area contributed by atoms with Crippen molar-refractivity contribution < 1.29 is 12.3 Å². The van der Waals surface area contributed by atoms with Crippen LogP contribution in [0, 0.1) is 10.8 Å². The van der Waals surface area contributed by atoms with Crippen LogP contribution in [-0.4, -0.2) is 13.7 Å². The lowest BCUT2D eigenvalue weighted by Crippen LogP contribution is -2.54. The van der Waals surface area contributed by atoms with Crippen molar-refractivity contribution in [1.29, 1.82) is 0 Å². The van der Waals surface area contributed by atoms with Crippen molar-refractivity contribution in [3.8, 4) is 0 Å². The molecule has 0 amide bonds. The van der Waals surface area contributed by atoms with Crippen molar-refractivity contribution >= 4 is 10.2 Å². The van der Waals surface area contributed by atoms with E-state index in [0.717, 1.165) is 12.8 Å². The van der Waals surface area contributed by atoms with Gasteiger partial charge in [0.05, 0.1) is 5.25 Å². The molecular formula is C9H15FO2S. The predicted octanol–water partition coefficient (Wildman–Crippen LogP) is 2.25. The Hall–Kier alpha value is -0.120. The fourth-order valence-electron chi connectivity index (χ4n) is 3.37. The highest BCUT2D eigenvalue weighted by Crippen LogP contribution is 2.65. The number of hydrogen-bond donors (Lipinski definition) is 0. The summed E-state index contributed by atoms with van der Waals surface area (Å²) in [6, 6.07) is 0. The third-order valence-corrected chi connectivity index (χ3v) is 4.56. The first-order valence-corrected chi connectivity index (χ1v) is 6.11. The Morgan fingerprint density at radius 3 is 2.00 bits per heavy atom. The van der Waals surface area contributed by atoms with Gasteiger partial charge in [-0.05, 0) is 36.5 Å². The lowest BCUT2D eigenvalue weighted by molar-refractivity contribution is -0.0730. The summed E-state index contributed by atoms with van der Waals surface area (Å²) in [6.45, 7) is 4.35. The van der Waals surface area contributed by atoms with Crippen LogP contribution in [0.15, 0.2) is 0 Å². The van der Waals surface area contributed by atoms with E-state index in [-0.39, 0.29) is 5.41 Å². The van der Waals surface area contributed by atoms with Crippen molar-refractivity contribution in [2.75, 3.05) is 0 Å². The van der Waals surface area contributed by atoms with E-state index in [1.54, 1.807) is 0 Å². The molecule has 0 saturated heterocycles. The van der Waals surface area contributed by atoms with Gasteiger partial charge in [-0.2, -0.15) is 8.42 Å². The van der Waals surface area contributed by atoms with Crippen LogP contribution in [0.2, 0.25) is 0 Å². The van der Waals surface area contributed by atoms with Crippen LogP contribution < -0.4 is 0 Å². The molecule has 2 aliphatic carbocycles. The average Bonchev–Trinajstić information content (AvgIpc) is 1.72. The first kappa shape index (κ1) is 9.44. The molecule has 0 heterocycles. The van der Waals surface area contributed by atoms with Crippen molar-refractivity contribution in [2.24, 2.45) is 10.8 Å². The van der Waals surface area contributed by atoms with Crippen molar-refractivity contribution in [2.45, 2.75) is 44.8 Å². The van der Waals surface area contributed by atoms with E-state index < -0.39 is 15.5 Å². The summed E-state index contributed by atoms with van der Waals surface area (Å²) in [6.07, 6.45) is 3.22. The van der Waals surface area contributed by atoms with Gasteiger partial charge in [0.15, 0.2) is 0 Å². The highest BCUT2D eigenvalue weighted by atomic mass is 32.3. The second kappa shape index (κ2) is 2.27. The van der Waals surface area contributed by atoms with E-state index in [0.29, 0.717) is 18.3 Å². The fourth-order valence-corrected chi connectivity index (χ4v) is 4.48. The Kier molecular flexibility index (Phi) is 1.65. The third kappa shape index (κ3) is 1.49. The predicted molar refractivity (Wildman–Crippen MR) is 48.5 cm³/mol. The Bertz CT molecular complexity index is 316. The number of hydrogen-bond acceptors (Lipinski definition) is 2. The molecule has 2 fully saturated rings. The highest BCUT2D eigenvalue weighted by Gasteiger charge is 2.59. The van der Waals surface area contributed by atoms with Crippen LogP contribution in [-0.2, 0) is 10.2 Å². The molecule has 76 valence electrons. The second-order valence-corrected chi connectivity index (χ2v) is 7.14. The van der Waals surface area contributed by atoms with E-state index >= 15 is 0 Å². The molecular weight excluding hydrogens is 191 g/mol. The molecule has 0 radical (unpaired) electrons. The second-order valence-electron chi connectivity index (χ2n) is 5.52. The van der Waals surface area contributed by atoms with Gasteiger partial charge in [0.25, 0.3) is 0 Å². The molecule has 4 heteroatoms. The van der Waals surface area contributed by atoms with Gasteiger partial charge in [-0.1, -0.05) is 13.8 Å². The Labute approximate surface area is 78.7 Å². The maximum Gasteiger partial charge on any atom is 0.305 e. The van der Waals surface area contributed by atoms with E-state index in [1.165, 1.54) is 0 Å². The molecule has 0 N–H and O–H groups in total. The summed E-state index contributed by atoms with van der Waals surface area (Å²) in [5.74, 6) is 0. The lowest BCUT2D eigenvalue weighted by Gasteiger charge is -2.60. The van der Waals surface area contributed by atoms with Crippen molar-refractivity contribution in [3.05, 3.63) is 0 Å². The van der Waals surface area contributed by atoms with Gasteiger partial charge in [0, 0.05) is 0 Å². The Balaban J connectivity index is 1.94. The van der Waals surface area contributed by atoms with E-state index in [1.807, 2.05) is 0 Å². The molecule has 2 aliphatic rings. The third-order valence-electron chi connectivity index (χ3n) is 3.43. The average molecular weight is 206 g/mol. The van der Waals surface area contributed by atoms with Gasteiger partial charge in [-0.15, -0.1) is 3.89 Å². The Morgan fingerprint density at radius 2 is 1.69 bits per heavy atom. The summed E-state index contributed by atoms with van der Waals surface area (Å²) >= 11 is 0. The van der Waals surface area contributed by atoms with Crippen LogP contribution in [0.4, 0.5) is 3.89 Å². The molecule has 0 aromatic heterocycles. The summed E-state index contributed by atoms with van der Waals surface area (Å²) in [7, 11) is -4.25. The lowest BCUT2D eigenvalue weighted by atomic mass is 9.46. The Morgan fingerprint density at radius 1 is 1.23 bits per heavy atom.